The number of hydrazine groups is 1. The molecule has 0 bridgehead atoms. The van der Waals surface area contributed by atoms with Gasteiger partial charge in [0.05, 0.1) is 6.10 Å². The third kappa shape index (κ3) is 2.85. The molecule has 0 saturated carbocycles. The van der Waals surface area contributed by atoms with E-state index >= 15 is 0 Å². The minimum atomic E-state index is -2.61. The molecule has 5 nitrogen and oxygen atoms in total. The first-order chi connectivity index (χ1) is 10.5. The third-order valence-corrected chi connectivity index (χ3v) is 3.13. The molecule has 0 unspecified atom stereocenters. The van der Waals surface area contributed by atoms with Crippen molar-refractivity contribution < 1.29 is 13.5 Å². The Balaban J connectivity index is 1.94. The second-order valence-corrected chi connectivity index (χ2v) is 5.19. The van der Waals surface area contributed by atoms with Gasteiger partial charge in [0.25, 0.3) is 6.43 Å². The van der Waals surface area contributed by atoms with Gasteiger partial charge in [-0.05, 0) is 32.0 Å². The number of anilines is 2. The lowest BCUT2D eigenvalue weighted by atomic mass is 10.2. The average molecular weight is 306 g/mol. The van der Waals surface area contributed by atoms with Crippen LogP contribution in [-0.4, -0.2) is 16.1 Å². The highest BCUT2D eigenvalue weighted by molar-refractivity contribution is 5.62. The van der Waals surface area contributed by atoms with E-state index in [1.807, 2.05) is 19.9 Å². The molecule has 116 valence electrons. The zero-order valence-corrected chi connectivity index (χ0v) is 12.3. The molecular weight excluding hydrogens is 290 g/mol. The Labute approximate surface area is 126 Å². The van der Waals surface area contributed by atoms with Gasteiger partial charge in [0, 0.05) is 18.2 Å². The minimum Gasteiger partial charge on any atom is -0.475 e. The lowest BCUT2D eigenvalue weighted by Crippen LogP contribution is -2.28. The summed E-state index contributed by atoms with van der Waals surface area (Å²) in [4.78, 5) is 8.42. The maximum absolute atomic E-state index is 12.8. The van der Waals surface area contributed by atoms with Gasteiger partial charge in [-0.3, -0.25) is 0 Å². The lowest BCUT2D eigenvalue weighted by molar-refractivity contribution is 0.146. The van der Waals surface area contributed by atoms with E-state index in [4.69, 9.17) is 4.74 Å². The Morgan fingerprint density at radius 1 is 1.18 bits per heavy atom. The van der Waals surface area contributed by atoms with E-state index in [1.54, 1.807) is 23.2 Å². The van der Waals surface area contributed by atoms with Gasteiger partial charge >= 0.3 is 0 Å². The summed E-state index contributed by atoms with van der Waals surface area (Å²) in [5, 5.41) is 1.61. The van der Waals surface area contributed by atoms with Crippen LogP contribution in [0.2, 0.25) is 0 Å². The maximum atomic E-state index is 12.8. The van der Waals surface area contributed by atoms with Crippen molar-refractivity contribution >= 4 is 11.6 Å². The van der Waals surface area contributed by atoms with Crippen LogP contribution in [0.25, 0.3) is 0 Å². The Morgan fingerprint density at radius 2 is 2.00 bits per heavy atom. The first-order valence-electron chi connectivity index (χ1n) is 7.00. The van der Waals surface area contributed by atoms with Crippen molar-refractivity contribution in [2.45, 2.75) is 32.9 Å². The Kier molecular flexibility index (Phi) is 3.89. The predicted molar refractivity (Wildman–Crippen MR) is 78.2 cm³/mol. The summed E-state index contributed by atoms with van der Waals surface area (Å²) in [6, 6.07) is 8.22. The number of ether oxygens (including phenoxy) is 1. The molecular formula is C15H16F2N4O. The van der Waals surface area contributed by atoms with Gasteiger partial charge in [-0.1, -0.05) is 6.07 Å². The molecule has 0 atom stereocenters. The van der Waals surface area contributed by atoms with E-state index in [0.29, 0.717) is 24.1 Å². The topological polar surface area (TPSA) is 50.3 Å². The zero-order valence-electron chi connectivity index (χ0n) is 12.3. The number of aromatic nitrogens is 2. The first-order valence-corrected chi connectivity index (χ1v) is 7.00. The van der Waals surface area contributed by atoms with Crippen LogP contribution in [0.15, 0.2) is 30.3 Å². The van der Waals surface area contributed by atoms with Gasteiger partial charge in [-0.15, -0.1) is 0 Å². The molecule has 0 aliphatic carbocycles. The van der Waals surface area contributed by atoms with Crippen LogP contribution in [0.5, 0.6) is 5.88 Å². The van der Waals surface area contributed by atoms with Crippen LogP contribution in [0.3, 0.4) is 0 Å². The van der Waals surface area contributed by atoms with Gasteiger partial charge in [0.1, 0.15) is 11.5 Å². The maximum Gasteiger partial charge on any atom is 0.280 e. The number of nitrogens with one attached hydrogen (secondary N) is 1. The molecule has 0 amide bonds. The molecule has 1 aliphatic rings. The molecule has 0 aromatic carbocycles. The van der Waals surface area contributed by atoms with Crippen molar-refractivity contribution in [3.63, 3.8) is 0 Å². The number of nitrogens with zero attached hydrogens (tertiary/aromatic N) is 3. The number of alkyl halides is 2. The number of hydrogen-bond donors (Lipinski definition) is 1. The van der Waals surface area contributed by atoms with Crippen LogP contribution >= 0.6 is 0 Å². The van der Waals surface area contributed by atoms with E-state index in [-0.39, 0.29) is 11.8 Å². The quantitative estimate of drug-likeness (QED) is 0.938. The molecule has 0 spiro atoms. The Morgan fingerprint density at radius 3 is 2.73 bits per heavy atom. The van der Waals surface area contributed by atoms with Crippen molar-refractivity contribution in [3.8, 4) is 5.88 Å². The number of fused-ring (bicyclic) bond motifs is 1. The van der Waals surface area contributed by atoms with Crippen LogP contribution in [-0.2, 0) is 6.54 Å². The molecule has 0 radical (unpaired) electrons. The smallest absolute Gasteiger partial charge is 0.280 e. The summed E-state index contributed by atoms with van der Waals surface area (Å²) < 4.78 is 31.2. The number of pyridine rings is 2. The van der Waals surface area contributed by atoms with Gasteiger partial charge < -0.3 is 4.74 Å². The lowest BCUT2D eigenvalue weighted by Gasteiger charge is -2.18. The molecule has 0 fully saturated rings. The standard InChI is InChI=1S/C15H16F2N4O/c1-9(2)22-13-7-6-10-8-18-21(15(10)20-13)12-5-3-4-11(19-12)14(16)17/h3-7,9,14,18H,8H2,1-2H3. The largest absolute Gasteiger partial charge is 0.475 e. The monoisotopic (exact) mass is 306 g/mol. The van der Waals surface area contributed by atoms with E-state index in [2.05, 4.69) is 15.4 Å². The molecule has 1 N–H and O–H groups in total. The van der Waals surface area contributed by atoms with Crippen molar-refractivity contribution in [2.24, 2.45) is 0 Å². The van der Waals surface area contributed by atoms with Crippen LogP contribution < -0.4 is 15.2 Å². The van der Waals surface area contributed by atoms with Crippen molar-refractivity contribution in [3.05, 3.63) is 41.6 Å². The van der Waals surface area contributed by atoms with Crippen LogP contribution in [0, 0.1) is 0 Å². The summed E-state index contributed by atoms with van der Waals surface area (Å²) in [7, 11) is 0. The van der Waals surface area contributed by atoms with Crippen molar-refractivity contribution in [2.75, 3.05) is 5.01 Å². The fourth-order valence-electron chi connectivity index (χ4n) is 2.21. The van der Waals surface area contributed by atoms with Crippen molar-refractivity contribution in [1.29, 1.82) is 0 Å². The second kappa shape index (κ2) is 5.84. The molecule has 0 saturated heterocycles. The molecule has 1 aliphatic heterocycles. The predicted octanol–water partition coefficient (Wildman–Crippen LogP) is 3.36. The van der Waals surface area contributed by atoms with Crippen LogP contribution in [0.1, 0.15) is 31.5 Å². The van der Waals surface area contributed by atoms with E-state index in [0.717, 1.165) is 5.56 Å². The summed E-state index contributed by atoms with van der Waals surface area (Å²) in [6.07, 6.45) is -2.60. The molecule has 22 heavy (non-hydrogen) atoms. The van der Waals surface area contributed by atoms with Gasteiger partial charge in [-0.25, -0.2) is 24.2 Å². The van der Waals surface area contributed by atoms with E-state index in [1.165, 1.54) is 6.07 Å². The van der Waals surface area contributed by atoms with Gasteiger partial charge in [0.2, 0.25) is 5.88 Å². The first kappa shape index (κ1) is 14.6. The number of halogens is 2. The molecule has 3 rings (SSSR count). The third-order valence-electron chi connectivity index (χ3n) is 3.13. The van der Waals surface area contributed by atoms with Crippen molar-refractivity contribution in [1.82, 2.24) is 15.4 Å². The van der Waals surface area contributed by atoms with Gasteiger partial charge in [0.15, 0.2) is 5.82 Å². The Bertz CT molecular complexity index is 678. The average Bonchev–Trinajstić information content (AvgIpc) is 2.90. The highest BCUT2D eigenvalue weighted by Gasteiger charge is 2.24. The highest BCUT2D eigenvalue weighted by Crippen LogP contribution is 2.31. The fraction of sp³-hybridized carbons (Fsp3) is 0.333. The summed E-state index contributed by atoms with van der Waals surface area (Å²) in [6.45, 7) is 4.39. The van der Waals surface area contributed by atoms with E-state index in [9.17, 15) is 8.78 Å². The summed E-state index contributed by atoms with van der Waals surface area (Å²) in [5.74, 6) is 1.50. The number of rotatable bonds is 4. The zero-order chi connectivity index (χ0) is 15.7. The normalized spacial score (nSPS) is 13.8. The molecule has 2 aromatic rings. The fourth-order valence-corrected chi connectivity index (χ4v) is 2.21. The van der Waals surface area contributed by atoms with Gasteiger partial charge in [-0.2, -0.15) is 4.98 Å². The highest BCUT2D eigenvalue weighted by atomic mass is 19.3. The Hall–Kier alpha value is -2.28. The summed E-state index contributed by atoms with van der Waals surface area (Å²) >= 11 is 0. The molecule has 2 aromatic heterocycles. The van der Waals surface area contributed by atoms with E-state index < -0.39 is 6.43 Å². The number of hydrogen-bond acceptors (Lipinski definition) is 5. The molecule has 7 heteroatoms. The summed E-state index contributed by atoms with van der Waals surface area (Å²) in [5.41, 5.74) is 3.79. The SMILES string of the molecule is CC(C)Oc1ccc2c(n1)N(c1cccc(C(F)F)n1)NC2. The second-order valence-electron chi connectivity index (χ2n) is 5.19. The molecule has 3 heterocycles. The van der Waals surface area contributed by atoms with Crippen LogP contribution in [0.4, 0.5) is 20.4 Å². The minimum absolute atomic E-state index is 0.00801.